The molecule has 0 aliphatic carbocycles. The maximum Gasteiger partial charge on any atom is 0.243 e. The van der Waals surface area contributed by atoms with Gasteiger partial charge in [0, 0.05) is 6.54 Å². The third-order valence-corrected chi connectivity index (χ3v) is 5.35. The van der Waals surface area contributed by atoms with Gasteiger partial charge in [0.15, 0.2) is 0 Å². The van der Waals surface area contributed by atoms with Crippen molar-refractivity contribution in [1.82, 2.24) is 4.31 Å². The van der Waals surface area contributed by atoms with E-state index in [1.54, 1.807) is 36.4 Å². The number of hydrogen-bond acceptors (Lipinski definition) is 3. The van der Waals surface area contributed by atoms with E-state index in [-0.39, 0.29) is 11.5 Å². The molecule has 1 N–H and O–H groups in total. The molecule has 0 radical (unpaired) electrons. The number of sulfonamides is 1. The van der Waals surface area contributed by atoms with Crippen LogP contribution in [0, 0.1) is 0 Å². The van der Waals surface area contributed by atoms with Gasteiger partial charge in [-0.3, -0.25) is 0 Å². The lowest BCUT2D eigenvalue weighted by Crippen LogP contribution is -2.42. The van der Waals surface area contributed by atoms with Crippen LogP contribution in [0.3, 0.4) is 0 Å². The fourth-order valence-corrected chi connectivity index (χ4v) is 3.91. The number of hydrogen-bond donors (Lipinski definition) is 1. The van der Waals surface area contributed by atoms with Crippen molar-refractivity contribution < 1.29 is 13.5 Å². The van der Waals surface area contributed by atoms with Crippen molar-refractivity contribution in [2.75, 3.05) is 13.2 Å². The van der Waals surface area contributed by atoms with Gasteiger partial charge in [-0.2, -0.15) is 4.31 Å². The second-order valence-electron chi connectivity index (χ2n) is 5.00. The summed E-state index contributed by atoms with van der Waals surface area (Å²) in [5, 5.41) is 9.54. The lowest BCUT2D eigenvalue weighted by Gasteiger charge is -2.29. The number of nitrogens with zero attached hydrogens (tertiary/aromatic N) is 1. The third kappa shape index (κ3) is 4.95. The first kappa shape index (κ1) is 17.9. The molecule has 1 unspecified atom stereocenters. The molecule has 1 atom stereocenters. The van der Waals surface area contributed by atoms with E-state index in [1.165, 1.54) is 4.31 Å². The summed E-state index contributed by atoms with van der Waals surface area (Å²) in [5.41, 5.74) is 0. The normalized spacial score (nSPS) is 13.3. The standard InChI is InChI=1S/C16H25NO3S/c1-3-5-9-13-17(15(14-18)10-4-2)21(19,20)16-11-7-6-8-12-16/h4,6-8,11-12,15,18H,2-3,5,9-10,13-14H2,1H3. The van der Waals surface area contributed by atoms with Crippen molar-refractivity contribution in [3.8, 4) is 0 Å². The Morgan fingerprint density at radius 2 is 1.95 bits per heavy atom. The van der Waals surface area contributed by atoms with Crippen LogP contribution in [-0.2, 0) is 10.0 Å². The van der Waals surface area contributed by atoms with Crippen molar-refractivity contribution in [3.05, 3.63) is 43.0 Å². The highest BCUT2D eigenvalue weighted by Crippen LogP contribution is 2.20. The van der Waals surface area contributed by atoms with Gasteiger partial charge >= 0.3 is 0 Å². The fourth-order valence-electron chi connectivity index (χ4n) is 2.22. The molecule has 21 heavy (non-hydrogen) atoms. The molecule has 1 rings (SSSR count). The summed E-state index contributed by atoms with van der Waals surface area (Å²) in [4.78, 5) is 0.268. The van der Waals surface area contributed by atoms with Crippen LogP contribution in [0.4, 0.5) is 0 Å². The van der Waals surface area contributed by atoms with Gasteiger partial charge < -0.3 is 5.11 Å². The summed E-state index contributed by atoms with van der Waals surface area (Å²) in [6, 6.07) is 7.92. The Kier molecular flexibility index (Phi) is 7.64. The highest BCUT2D eigenvalue weighted by atomic mass is 32.2. The van der Waals surface area contributed by atoms with Crippen molar-refractivity contribution in [3.63, 3.8) is 0 Å². The van der Waals surface area contributed by atoms with E-state index in [2.05, 4.69) is 13.5 Å². The van der Waals surface area contributed by atoms with Crippen molar-refractivity contribution >= 4 is 10.0 Å². The molecule has 0 spiro atoms. The molecule has 0 saturated heterocycles. The Hall–Kier alpha value is -1.17. The van der Waals surface area contributed by atoms with Gasteiger partial charge in [0.25, 0.3) is 0 Å². The van der Waals surface area contributed by atoms with E-state index in [0.29, 0.717) is 13.0 Å². The average Bonchev–Trinajstić information content (AvgIpc) is 2.50. The molecule has 0 saturated carbocycles. The largest absolute Gasteiger partial charge is 0.395 e. The first-order valence-electron chi connectivity index (χ1n) is 7.36. The van der Waals surface area contributed by atoms with Gasteiger partial charge in [-0.15, -0.1) is 6.58 Å². The van der Waals surface area contributed by atoms with E-state index in [1.807, 2.05) is 0 Å². The van der Waals surface area contributed by atoms with Gasteiger partial charge in [-0.05, 0) is 25.0 Å². The first-order valence-corrected chi connectivity index (χ1v) is 8.80. The summed E-state index contributed by atoms with van der Waals surface area (Å²) < 4.78 is 27.0. The van der Waals surface area contributed by atoms with E-state index in [4.69, 9.17) is 0 Å². The topological polar surface area (TPSA) is 57.6 Å². The predicted octanol–water partition coefficient (Wildman–Crippen LogP) is 2.80. The molecule has 1 aromatic rings. The van der Waals surface area contributed by atoms with Gasteiger partial charge in [0.05, 0.1) is 17.5 Å². The van der Waals surface area contributed by atoms with Crippen LogP contribution >= 0.6 is 0 Å². The zero-order valence-corrected chi connectivity index (χ0v) is 13.4. The van der Waals surface area contributed by atoms with Crippen LogP contribution in [0.2, 0.25) is 0 Å². The third-order valence-electron chi connectivity index (χ3n) is 3.39. The Morgan fingerprint density at radius 3 is 2.48 bits per heavy atom. The minimum absolute atomic E-state index is 0.204. The summed E-state index contributed by atoms with van der Waals surface area (Å²) >= 11 is 0. The molecule has 0 amide bonds. The summed E-state index contributed by atoms with van der Waals surface area (Å²) in [6.07, 6.45) is 4.86. The molecule has 5 heteroatoms. The quantitative estimate of drug-likeness (QED) is 0.534. The molecule has 4 nitrogen and oxygen atoms in total. The first-order chi connectivity index (χ1) is 10.1. The monoisotopic (exact) mass is 311 g/mol. The van der Waals surface area contributed by atoms with E-state index < -0.39 is 16.1 Å². The number of benzene rings is 1. The van der Waals surface area contributed by atoms with E-state index >= 15 is 0 Å². The highest BCUT2D eigenvalue weighted by Gasteiger charge is 2.29. The maximum absolute atomic E-state index is 12.8. The van der Waals surface area contributed by atoms with Gasteiger partial charge in [-0.1, -0.05) is 44.0 Å². The van der Waals surface area contributed by atoms with Crippen LogP contribution in [0.1, 0.15) is 32.6 Å². The van der Waals surface area contributed by atoms with Gasteiger partial charge in [0.1, 0.15) is 0 Å². The number of unbranched alkanes of at least 4 members (excludes halogenated alkanes) is 2. The van der Waals surface area contributed by atoms with Crippen LogP contribution in [0.25, 0.3) is 0 Å². The molecule has 1 aromatic carbocycles. The molecular formula is C16H25NO3S. The summed E-state index contributed by atoms with van der Waals surface area (Å²) in [6.45, 7) is 5.94. The second-order valence-corrected chi connectivity index (χ2v) is 6.89. The van der Waals surface area contributed by atoms with Crippen molar-refractivity contribution in [2.45, 2.75) is 43.5 Å². The zero-order chi connectivity index (χ0) is 15.7. The van der Waals surface area contributed by atoms with Gasteiger partial charge in [-0.25, -0.2) is 8.42 Å². The van der Waals surface area contributed by atoms with Crippen molar-refractivity contribution in [1.29, 1.82) is 0 Å². The fraction of sp³-hybridized carbons (Fsp3) is 0.500. The molecule has 0 fully saturated rings. The maximum atomic E-state index is 12.8. The van der Waals surface area contributed by atoms with Crippen LogP contribution in [-0.4, -0.2) is 37.0 Å². The summed E-state index contributed by atoms with van der Waals surface area (Å²) in [7, 11) is -3.59. The molecule has 118 valence electrons. The van der Waals surface area contributed by atoms with Crippen molar-refractivity contribution in [2.24, 2.45) is 0 Å². The van der Waals surface area contributed by atoms with Crippen LogP contribution in [0.15, 0.2) is 47.9 Å². The number of aliphatic hydroxyl groups excluding tert-OH is 1. The predicted molar refractivity (Wildman–Crippen MR) is 85.5 cm³/mol. The smallest absolute Gasteiger partial charge is 0.243 e. The molecule has 0 heterocycles. The second kappa shape index (κ2) is 8.97. The lowest BCUT2D eigenvalue weighted by molar-refractivity contribution is 0.186. The Morgan fingerprint density at radius 1 is 1.29 bits per heavy atom. The minimum atomic E-state index is -3.59. The Bertz CT molecular complexity index is 514. The zero-order valence-electron chi connectivity index (χ0n) is 12.6. The molecule has 0 aliphatic rings. The van der Waals surface area contributed by atoms with Gasteiger partial charge in [0.2, 0.25) is 10.0 Å². The average molecular weight is 311 g/mol. The highest BCUT2D eigenvalue weighted by molar-refractivity contribution is 7.89. The molecule has 0 aliphatic heterocycles. The van der Waals surface area contributed by atoms with E-state index in [9.17, 15) is 13.5 Å². The Labute approximate surface area is 128 Å². The van der Waals surface area contributed by atoms with Crippen LogP contribution in [0.5, 0.6) is 0 Å². The number of rotatable bonds is 10. The SMILES string of the molecule is C=CCC(CO)N(CCCCC)S(=O)(=O)c1ccccc1. The lowest BCUT2D eigenvalue weighted by atomic mass is 10.2. The molecular weight excluding hydrogens is 286 g/mol. The Balaban J connectivity index is 3.06. The molecule has 0 aromatic heterocycles. The minimum Gasteiger partial charge on any atom is -0.395 e. The van der Waals surface area contributed by atoms with E-state index in [0.717, 1.165) is 19.3 Å². The summed E-state index contributed by atoms with van der Waals surface area (Å²) in [5.74, 6) is 0. The number of aliphatic hydroxyl groups is 1. The van der Waals surface area contributed by atoms with Crippen LogP contribution < -0.4 is 0 Å². The molecule has 0 bridgehead atoms.